The van der Waals surface area contributed by atoms with Crippen molar-refractivity contribution in [1.82, 2.24) is 14.7 Å². The van der Waals surface area contributed by atoms with E-state index in [0.29, 0.717) is 17.1 Å². The lowest BCUT2D eigenvalue weighted by Crippen LogP contribution is -2.31. The van der Waals surface area contributed by atoms with Gasteiger partial charge in [0.05, 0.1) is 29.4 Å². The van der Waals surface area contributed by atoms with Gasteiger partial charge < -0.3 is 15.2 Å². The average molecular weight is 516 g/mol. The summed E-state index contributed by atoms with van der Waals surface area (Å²) in [5, 5.41) is 2.59. The van der Waals surface area contributed by atoms with Crippen molar-refractivity contribution in [3.05, 3.63) is 66.1 Å². The maximum atomic E-state index is 12.4. The van der Waals surface area contributed by atoms with E-state index in [1.54, 1.807) is 44.4 Å². The summed E-state index contributed by atoms with van der Waals surface area (Å²) in [4.78, 5) is 21.1. The summed E-state index contributed by atoms with van der Waals surface area (Å²) in [5.74, 6) is 0.491. The van der Waals surface area contributed by atoms with Gasteiger partial charge in [-0.1, -0.05) is 30.3 Å². The van der Waals surface area contributed by atoms with Gasteiger partial charge in [-0.3, -0.25) is 23.8 Å². The van der Waals surface area contributed by atoms with E-state index in [4.69, 9.17) is 15.2 Å². The molecule has 0 aliphatic heterocycles. The van der Waals surface area contributed by atoms with Crippen molar-refractivity contribution < 1.29 is 23.4 Å². The lowest BCUT2D eigenvalue weighted by molar-refractivity contribution is 0.112. The highest BCUT2D eigenvalue weighted by atomic mass is 32.3. The van der Waals surface area contributed by atoms with Crippen LogP contribution in [0.4, 0.5) is 4.79 Å². The van der Waals surface area contributed by atoms with E-state index in [1.165, 1.54) is 26.4 Å². The number of aliphatic imine (C=N–C) groups is 1. The van der Waals surface area contributed by atoms with Crippen LogP contribution in [0.2, 0.25) is 0 Å². The number of nitrogens with one attached hydrogen (secondary N) is 1. The number of imidazole rings is 1. The Morgan fingerprint density at radius 1 is 1.28 bits per heavy atom. The van der Waals surface area contributed by atoms with E-state index in [-0.39, 0.29) is 16.4 Å². The van der Waals surface area contributed by atoms with Crippen molar-refractivity contribution in [2.45, 2.75) is 43.4 Å². The third-order valence-electron chi connectivity index (χ3n) is 5.57. The number of methoxy groups -OCH3 is 1. The van der Waals surface area contributed by atoms with Crippen molar-refractivity contribution in [3.63, 3.8) is 0 Å². The molecule has 3 aromatic rings. The minimum atomic E-state index is -3.24. The highest BCUT2D eigenvalue weighted by molar-refractivity contribution is 8.25. The number of aromatic nitrogens is 2. The highest BCUT2D eigenvalue weighted by Crippen LogP contribution is 2.61. The summed E-state index contributed by atoms with van der Waals surface area (Å²) < 4.78 is 33.6. The molecule has 0 saturated heterocycles. The van der Waals surface area contributed by atoms with Crippen molar-refractivity contribution in [2.75, 3.05) is 14.2 Å². The van der Waals surface area contributed by atoms with Crippen LogP contribution in [-0.4, -0.2) is 49.3 Å². The molecule has 3 rings (SSSR count). The highest BCUT2D eigenvalue weighted by Gasteiger charge is 2.34. The summed E-state index contributed by atoms with van der Waals surface area (Å²) in [6, 6.07) is 11.0. The molecule has 1 atom stereocenters. The van der Waals surface area contributed by atoms with E-state index >= 15 is 0 Å². The number of benzene rings is 1. The first-order valence-electron chi connectivity index (χ1n) is 11.2. The zero-order valence-electron chi connectivity index (χ0n) is 21.2. The van der Waals surface area contributed by atoms with Crippen LogP contribution in [0.3, 0.4) is 0 Å². The topological polar surface area (TPSA) is 144 Å². The number of ether oxygens (including phenoxy) is 2. The second kappa shape index (κ2) is 10.6. The number of carbonyl (C=O) groups excluding carboxylic acids is 1. The first kappa shape index (κ1) is 27.1. The van der Waals surface area contributed by atoms with Crippen molar-refractivity contribution >= 4 is 33.9 Å². The van der Waals surface area contributed by atoms with Gasteiger partial charge in [0.2, 0.25) is 0 Å². The van der Waals surface area contributed by atoms with Gasteiger partial charge in [0.1, 0.15) is 28.2 Å². The maximum Gasteiger partial charge on any atom is 0.413 e. The van der Waals surface area contributed by atoms with E-state index < -0.39 is 27.5 Å². The van der Waals surface area contributed by atoms with Crippen LogP contribution in [0.15, 0.2) is 64.8 Å². The minimum absolute atomic E-state index is 0.181. The van der Waals surface area contributed by atoms with Crippen LogP contribution in [0.1, 0.15) is 45.1 Å². The average Bonchev–Trinajstić information content (AvgIpc) is 3.25. The number of alkyl carbamates (subject to hydrolysis) is 1. The second-order valence-electron chi connectivity index (χ2n) is 9.03. The third-order valence-corrected chi connectivity index (χ3v) is 8.19. The normalized spacial score (nSPS) is 14.4. The van der Waals surface area contributed by atoms with Gasteiger partial charge in [-0.2, -0.15) is 10.6 Å². The lowest BCUT2D eigenvalue weighted by atomic mass is 10.1. The number of amides is 1. The first-order valence-corrected chi connectivity index (χ1v) is 12.7. The Labute approximate surface area is 212 Å². The van der Waals surface area contributed by atoms with Crippen LogP contribution in [0, 0.1) is 0 Å². The number of amidine groups is 1. The number of nitrogens with two attached hydrogens (primary N) is 1. The molecule has 1 amide bonds. The molecule has 2 heterocycles. The Morgan fingerprint density at radius 3 is 2.53 bits per heavy atom. The standard InChI is InChI=1S/C25H33N5O5S/c1-16(17-10-8-7-9-11-17)35-24(31)29-22(27-5)12-18(26)19-14-28-23-13-20(34-6)21(15-30(19)23)36(32,33)25(2,3)4/h7-16,32-33H,26H2,1-6H3,(H,27,29,31)/b18-12-/t16-/m1/s1. The molecule has 5 N–H and O–H groups in total. The fourth-order valence-electron chi connectivity index (χ4n) is 3.37. The van der Waals surface area contributed by atoms with E-state index in [9.17, 15) is 13.9 Å². The van der Waals surface area contributed by atoms with E-state index in [1.807, 2.05) is 30.3 Å². The molecule has 194 valence electrons. The molecule has 1 aromatic carbocycles. The summed E-state index contributed by atoms with van der Waals surface area (Å²) in [6.07, 6.45) is 3.43. The Hall–Kier alpha value is -3.54. The predicted molar refractivity (Wildman–Crippen MR) is 143 cm³/mol. The largest absolute Gasteiger partial charge is 0.495 e. The molecule has 0 unspecified atom stereocenters. The number of hydrogen-bond acceptors (Lipinski definition) is 8. The quantitative estimate of drug-likeness (QED) is 0.265. The first-order chi connectivity index (χ1) is 16.9. The zero-order valence-corrected chi connectivity index (χ0v) is 22.0. The molecule has 0 saturated carbocycles. The number of rotatable bonds is 6. The Bertz CT molecular complexity index is 1300. The van der Waals surface area contributed by atoms with E-state index in [0.717, 1.165) is 5.56 Å². The van der Waals surface area contributed by atoms with Crippen LogP contribution < -0.4 is 15.8 Å². The number of nitrogens with zero attached hydrogens (tertiary/aromatic N) is 3. The van der Waals surface area contributed by atoms with Crippen LogP contribution in [-0.2, 0) is 4.74 Å². The number of hydrogen-bond donors (Lipinski definition) is 4. The fourth-order valence-corrected chi connectivity index (χ4v) is 4.70. The fraction of sp³-hybridized carbons (Fsp3) is 0.320. The molecule has 0 fully saturated rings. The number of fused-ring (bicyclic) bond motifs is 1. The summed E-state index contributed by atoms with van der Waals surface area (Å²) in [5.41, 5.74) is 8.40. The summed E-state index contributed by atoms with van der Waals surface area (Å²) in [7, 11) is -0.273. The molecule has 36 heavy (non-hydrogen) atoms. The van der Waals surface area contributed by atoms with Gasteiger partial charge in [-0.15, -0.1) is 0 Å². The molecule has 10 nitrogen and oxygen atoms in total. The Morgan fingerprint density at radius 2 is 1.94 bits per heavy atom. The predicted octanol–water partition coefficient (Wildman–Crippen LogP) is 5.07. The Balaban J connectivity index is 1.89. The molecule has 11 heteroatoms. The van der Waals surface area contributed by atoms with Gasteiger partial charge in [0.15, 0.2) is 0 Å². The van der Waals surface area contributed by atoms with Crippen molar-refractivity contribution in [2.24, 2.45) is 10.7 Å². The minimum Gasteiger partial charge on any atom is -0.495 e. The number of carbonyl (C=O) groups is 1. The molecule has 0 bridgehead atoms. The third kappa shape index (κ3) is 5.64. The molecular formula is C25H33N5O5S. The zero-order chi connectivity index (χ0) is 26.7. The molecular weight excluding hydrogens is 482 g/mol. The van der Waals surface area contributed by atoms with Crippen molar-refractivity contribution in [3.8, 4) is 5.75 Å². The molecule has 0 radical (unpaired) electrons. The van der Waals surface area contributed by atoms with Crippen LogP contribution >= 0.6 is 10.6 Å². The van der Waals surface area contributed by atoms with Gasteiger partial charge in [-0.25, -0.2) is 9.78 Å². The maximum absolute atomic E-state index is 12.4. The molecule has 0 aliphatic carbocycles. The van der Waals surface area contributed by atoms with Crippen LogP contribution in [0.25, 0.3) is 11.3 Å². The van der Waals surface area contributed by atoms with E-state index in [2.05, 4.69) is 15.3 Å². The molecule has 0 spiro atoms. The van der Waals surface area contributed by atoms with Gasteiger partial charge in [0, 0.05) is 25.4 Å². The second-order valence-corrected chi connectivity index (χ2v) is 11.8. The van der Waals surface area contributed by atoms with Crippen molar-refractivity contribution in [1.29, 1.82) is 0 Å². The summed E-state index contributed by atoms with van der Waals surface area (Å²) in [6.45, 7) is 6.99. The molecule has 2 aromatic heterocycles. The molecule has 0 aliphatic rings. The van der Waals surface area contributed by atoms with Gasteiger partial charge in [-0.05, 0) is 33.3 Å². The lowest BCUT2D eigenvalue weighted by Gasteiger charge is -2.44. The van der Waals surface area contributed by atoms with Gasteiger partial charge in [0.25, 0.3) is 0 Å². The SMILES string of the molecule is CN=C(/C=C(\N)c1cnc2cc(OC)c(S(O)(O)C(C)(C)C)cn12)NC(=O)O[C@H](C)c1ccccc1. The number of pyridine rings is 1. The van der Waals surface area contributed by atoms with Gasteiger partial charge >= 0.3 is 6.09 Å². The van der Waals surface area contributed by atoms with Crippen LogP contribution in [0.5, 0.6) is 5.75 Å². The smallest absolute Gasteiger partial charge is 0.413 e. The summed E-state index contributed by atoms with van der Waals surface area (Å²) >= 11 is 0. The monoisotopic (exact) mass is 515 g/mol. The Kier molecular flexibility index (Phi) is 7.97.